The van der Waals surface area contributed by atoms with Gasteiger partial charge in [-0.2, -0.15) is 0 Å². The molecule has 1 fully saturated rings. The van der Waals surface area contributed by atoms with Gasteiger partial charge in [0.1, 0.15) is 0 Å². The maximum atomic E-state index is 12.0. The van der Waals surface area contributed by atoms with Gasteiger partial charge in [-0.1, -0.05) is 11.6 Å². The molecule has 0 spiro atoms. The van der Waals surface area contributed by atoms with Crippen molar-refractivity contribution in [2.24, 2.45) is 5.41 Å². The molecular formula is C12H15ClN2O2. The first-order chi connectivity index (χ1) is 7.90. The van der Waals surface area contributed by atoms with E-state index in [1.807, 2.05) is 13.8 Å². The van der Waals surface area contributed by atoms with Crippen LogP contribution in [0.1, 0.15) is 19.4 Å². The van der Waals surface area contributed by atoms with Crippen molar-refractivity contribution in [3.63, 3.8) is 0 Å². The van der Waals surface area contributed by atoms with Gasteiger partial charge >= 0.3 is 0 Å². The number of hydrogen-bond acceptors (Lipinski definition) is 3. The lowest BCUT2D eigenvalue weighted by Crippen LogP contribution is -2.30. The summed E-state index contributed by atoms with van der Waals surface area (Å²) in [5.41, 5.74) is 6.63. The minimum absolute atomic E-state index is 0.0315. The monoisotopic (exact) mass is 254 g/mol. The van der Waals surface area contributed by atoms with E-state index in [-0.39, 0.29) is 5.91 Å². The minimum Gasteiger partial charge on any atom is -0.399 e. The number of rotatable bonds is 2. The zero-order valence-corrected chi connectivity index (χ0v) is 10.6. The standard InChI is InChI=1S/C12H15ClN2O2/c1-12(2)7-17-15(11(12)16)6-8-5-9(14)3-4-10(8)13/h3-5H,6-7,14H2,1-2H3. The molecule has 0 bridgehead atoms. The first-order valence-electron chi connectivity index (χ1n) is 5.39. The van der Waals surface area contributed by atoms with Crippen molar-refractivity contribution in [1.82, 2.24) is 5.06 Å². The fourth-order valence-corrected chi connectivity index (χ4v) is 1.86. The fourth-order valence-electron chi connectivity index (χ4n) is 1.69. The normalized spacial score (nSPS) is 18.8. The van der Waals surface area contributed by atoms with E-state index in [1.54, 1.807) is 18.2 Å². The molecule has 0 unspecified atom stereocenters. The largest absolute Gasteiger partial charge is 0.399 e. The number of carbonyl (C=O) groups is 1. The Labute approximate surface area is 105 Å². The summed E-state index contributed by atoms with van der Waals surface area (Å²) in [5.74, 6) is -0.0315. The van der Waals surface area contributed by atoms with Gasteiger partial charge in [0, 0.05) is 10.7 Å². The van der Waals surface area contributed by atoms with E-state index in [2.05, 4.69) is 0 Å². The minimum atomic E-state index is -0.465. The maximum Gasteiger partial charge on any atom is 0.254 e. The Morgan fingerprint density at radius 2 is 2.24 bits per heavy atom. The van der Waals surface area contributed by atoms with Crippen LogP contribution in [0.2, 0.25) is 5.02 Å². The van der Waals surface area contributed by atoms with Crippen LogP contribution in [0.4, 0.5) is 5.69 Å². The number of hydroxylamine groups is 2. The van der Waals surface area contributed by atoms with Gasteiger partial charge in [-0.05, 0) is 37.6 Å². The van der Waals surface area contributed by atoms with E-state index in [4.69, 9.17) is 22.2 Å². The quantitative estimate of drug-likeness (QED) is 0.824. The Balaban J connectivity index is 2.17. The summed E-state index contributed by atoms with van der Waals surface area (Å²) >= 11 is 6.04. The SMILES string of the molecule is CC1(C)CON(Cc2cc(N)ccc2Cl)C1=O. The molecule has 92 valence electrons. The lowest BCUT2D eigenvalue weighted by Gasteiger charge is -2.17. The van der Waals surface area contributed by atoms with Gasteiger partial charge < -0.3 is 5.73 Å². The van der Waals surface area contributed by atoms with Gasteiger partial charge in [0.25, 0.3) is 5.91 Å². The summed E-state index contributed by atoms with van der Waals surface area (Å²) in [5, 5.41) is 1.93. The van der Waals surface area contributed by atoms with Crippen molar-refractivity contribution in [2.45, 2.75) is 20.4 Å². The van der Waals surface area contributed by atoms with Gasteiger partial charge in [0.15, 0.2) is 0 Å². The van der Waals surface area contributed by atoms with Crippen molar-refractivity contribution in [1.29, 1.82) is 0 Å². The van der Waals surface area contributed by atoms with Gasteiger partial charge in [0.2, 0.25) is 0 Å². The topological polar surface area (TPSA) is 55.6 Å². The van der Waals surface area contributed by atoms with Crippen molar-refractivity contribution >= 4 is 23.2 Å². The second kappa shape index (κ2) is 4.20. The Morgan fingerprint density at radius 1 is 1.53 bits per heavy atom. The molecule has 5 heteroatoms. The van der Waals surface area contributed by atoms with Gasteiger partial charge in [-0.15, -0.1) is 0 Å². The van der Waals surface area contributed by atoms with E-state index in [1.165, 1.54) is 5.06 Å². The highest BCUT2D eigenvalue weighted by atomic mass is 35.5. The summed E-state index contributed by atoms with van der Waals surface area (Å²) in [7, 11) is 0. The summed E-state index contributed by atoms with van der Waals surface area (Å²) in [6.45, 7) is 4.44. The summed E-state index contributed by atoms with van der Waals surface area (Å²) in [6, 6.07) is 5.20. The van der Waals surface area contributed by atoms with Crippen LogP contribution in [-0.4, -0.2) is 17.6 Å². The average molecular weight is 255 g/mol. The number of anilines is 1. The maximum absolute atomic E-state index is 12.0. The molecule has 1 saturated heterocycles. The number of amides is 1. The van der Waals surface area contributed by atoms with Crippen molar-refractivity contribution in [3.05, 3.63) is 28.8 Å². The molecule has 1 aromatic rings. The van der Waals surface area contributed by atoms with Gasteiger partial charge in [-0.25, -0.2) is 5.06 Å². The van der Waals surface area contributed by atoms with Crippen LogP contribution in [0.3, 0.4) is 0 Å². The Bertz CT molecular complexity index is 460. The molecule has 2 rings (SSSR count). The molecule has 0 aromatic heterocycles. The Kier molecular flexibility index (Phi) is 3.02. The third kappa shape index (κ3) is 2.37. The molecule has 1 amide bonds. The molecule has 1 aromatic carbocycles. The van der Waals surface area contributed by atoms with Crippen molar-refractivity contribution < 1.29 is 9.63 Å². The molecule has 0 aliphatic carbocycles. The molecule has 1 aliphatic rings. The van der Waals surface area contributed by atoms with E-state index in [9.17, 15) is 4.79 Å². The van der Waals surface area contributed by atoms with Crippen molar-refractivity contribution in [3.8, 4) is 0 Å². The molecule has 1 aliphatic heterocycles. The van der Waals surface area contributed by atoms with Crippen LogP contribution in [0.5, 0.6) is 0 Å². The molecule has 2 N–H and O–H groups in total. The van der Waals surface area contributed by atoms with E-state index >= 15 is 0 Å². The zero-order valence-electron chi connectivity index (χ0n) is 9.87. The molecule has 4 nitrogen and oxygen atoms in total. The highest BCUT2D eigenvalue weighted by Crippen LogP contribution is 2.29. The number of benzene rings is 1. The third-order valence-electron chi connectivity index (χ3n) is 2.77. The second-order valence-corrected chi connectivity index (χ2v) is 5.26. The second-order valence-electron chi connectivity index (χ2n) is 4.85. The number of nitrogens with zero attached hydrogens (tertiary/aromatic N) is 1. The number of nitrogens with two attached hydrogens (primary N) is 1. The van der Waals surface area contributed by atoms with Gasteiger partial charge in [-0.3, -0.25) is 9.63 Å². The van der Waals surface area contributed by atoms with Crippen LogP contribution in [-0.2, 0) is 16.2 Å². The van der Waals surface area contributed by atoms with Crippen LogP contribution in [0.25, 0.3) is 0 Å². The molecule has 1 heterocycles. The predicted molar refractivity (Wildman–Crippen MR) is 66.1 cm³/mol. The Hall–Kier alpha value is -1.26. The van der Waals surface area contributed by atoms with Crippen LogP contribution in [0, 0.1) is 5.41 Å². The zero-order chi connectivity index (χ0) is 12.6. The smallest absolute Gasteiger partial charge is 0.254 e. The number of carbonyl (C=O) groups excluding carboxylic acids is 1. The van der Waals surface area contributed by atoms with E-state index < -0.39 is 5.41 Å². The number of halogens is 1. The average Bonchev–Trinajstić information content (AvgIpc) is 2.51. The Morgan fingerprint density at radius 3 is 2.82 bits per heavy atom. The number of hydrogen-bond donors (Lipinski definition) is 1. The first kappa shape index (κ1) is 12.2. The van der Waals surface area contributed by atoms with Crippen LogP contribution >= 0.6 is 11.6 Å². The fraction of sp³-hybridized carbons (Fsp3) is 0.417. The van der Waals surface area contributed by atoms with Crippen LogP contribution < -0.4 is 5.73 Å². The van der Waals surface area contributed by atoms with E-state index in [0.717, 1.165) is 5.56 Å². The molecule has 0 saturated carbocycles. The summed E-state index contributed by atoms with van der Waals surface area (Å²) in [4.78, 5) is 17.3. The lowest BCUT2D eigenvalue weighted by atomic mass is 9.95. The van der Waals surface area contributed by atoms with E-state index in [0.29, 0.717) is 23.9 Å². The van der Waals surface area contributed by atoms with Crippen molar-refractivity contribution in [2.75, 3.05) is 12.3 Å². The highest BCUT2D eigenvalue weighted by Gasteiger charge is 2.40. The van der Waals surface area contributed by atoms with Crippen LogP contribution in [0.15, 0.2) is 18.2 Å². The number of nitrogen functional groups attached to an aromatic ring is 1. The summed E-state index contributed by atoms with van der Waals surface area (Å²) < 4.78 is 0. The highest BCUT2D eigenvalue weighted by molar-refractivity contribution is 6.31. The lowest BCUT2D eigenvalue weighted by molar-refractivity contribution is -0.165. The molecule has 0 radical (unpaired) electrons. The molecule has 17 heavy (non-hydrogen) atoms. The molecule has 0 atom stereocenters. The van der Waals surface area contributed by atoms with Gasteiger partial charge in [0.05, 0.1) is 18.6 Å². The molecular weight excluding hydrogens is 240 g/mol. The first-order valence-corrected chi connectivity index (χ1v) is 5.77. The summed E-state index contributed by atoms with van der Waals surface area (Å²) in [6.07, 6.45) is 0. The predicted octanol–water partition coefficient (Wildman–Crippen LogP) is 2.22. The third-order valence-corrected chi connectivity index (χ3v) is 3.14.